The lowest BCUT2D eigenvalue weighted by Crippen LogP contribution is -2.02. The van der Waals surface area contributed by atoms with E-state index in [0.717, 1.165) is 19.1 Å². The molecule has 1 atom stereocenters. The third-order valence-electron chi connectivity index (χ3n) is 1.34. The van der Waals surface area contributed by atoms with Gasteiger partial charge < -0.3 is 4.79 Å². The van der Waals surface area contributed by atoms with Gasteiger partial charge in [0.2, 0.25) is 0 Å². The van der Waals surface area contributed by atoms with E-state index in [-0.39, 0.29) is 12.6 Å². The van der Waals surface area contributed by atoms with Gasteiger partial charge in [0.25, 0.3) is 0 Å². The first-order valence-corrected chi connectivity index (χ1v) is 3.34. The number of carbonyl (C=O) groups is 1. The quantitative estimate of drug-likeness (QED) is 0.522. The van der Waals surface area contributed by atoms with Crippen LogP contribution in [0.1, 0.15) is 26.2 Å². The molecular formula is C7H13FO. The summed E-state index contributed by atoms with van der Waals surface area (Å²) in [6.07, 6.45) is 2.96. The van der Waals surface area contributed by atoms with Crippen molar-refractivity contribution in [2.75, 3.05) is 6.67 Å². The number of hydrogen-bond acceptors (Lipinski definition) is 1. The fourth-order valence-electron chi connectivity index (χ4n) is 0.802. The number of hydrogen-bond donors (Lipinski definition) is 0. The van der Waals surface area contributed by atoms with Crippen molar-refractivity contribution in [2.24, 2.45) is 5.92 Å². The molecule has 0 fully saturated rings. The molecule has 0 aliphatic heterocycles. The van der Waals surface area contributed by atoms with Gasteiger partial charge in [0.05, 0.1) is 6.67 Å². The molecular weight excluding hydrogens is 119 g/mol. The number of alkyl halides is 1. The van der Waals surface area contributed by atoms with Crippen LogP contribution in [0, 0.1) is 5.92 Å². The van der Waals surface area contributed by atoms with Crippen molar-refractivity contribution >= 4 is 6.29 Å². The number of carbonyl (C=O) groups excluding carboxylic acids is 1. The molecule has 0 radical (unpaired) electrons. The fourth-order valence-corrected chi connectivity index (χ4v) is 0.802. The van der Waals surface area contributed by atoms with Gasteiger partial charge in [-0.15, -0.1) is 0 Å². The van der Waals surface area contributed by atoms with Crippen LogP contribution in [-0.2, 0) is 4.79 Å². The van der Waals surface area contributed by atoms with Crippen LogP contribution in [0.25, 0.3) is 0 Å². The Bertz CT molecular complexity index is 73.3. The second-order valence-electron chi connectivity index (χ2n) is 2.21. The summed E-state index contributed by atoms with van der Waals surface area (Å²) in [5, 5.41) is 0. The Morgan fingerprint density at radius 3 is 2.67 bits per heavy atom. The zero-order valence-corrected chi connectivity index (χ0v) is 5.77. The Morgan fingerprint density at radius 1 is 1.67 bits per heavy atom. The SMILES string of the molecule is CCCC(CF)CC=O. The van der Waals surface area contributed by atoms with E-state index in [1.807, 2.05) is 6.92 Å². The standard InChI is InChI=1S/C7H13FO/c1-2-3-7(6-8)4-5-9/h5,7H,2-4,6H2,1H3. The number of rotatable bonds is 5. The van der Waals surface area contributed by atoms with Gasteiger partial charge in [0, 0.05) is 6.42 Å². The van der Waals surface area contributed by atoms with Crippen molar-refractivity contribution in [1.82, 2.24) is 0 Å². The highest BCUT2D eigenvalue weighted by atomic mass is 19.1. The molecule has 0 spiro atoms. The molecule has 0 aromatic rings. The van der Waals surface area contributed by atoms with Gasteiger partial charge in [-0.2, -0.15) is 0 Å². The van der Waals surface area contributed by atoms with Crippen molar-refractivity contribution < 1.29 is 9.18 Å². The summed E-state index contributed by atoms with van der Waals surface area (Å²) in [6, 6.07) is 0. The lowest BCUT2D eigenvalue weighted by molar-refractivity contribution is -0.108. The first-order valence-electron chi connectivity index (χ1n) is 3.34. The topological polar surface area (TPSA) is 17.1 Å². The van der Waals surface area contributed by atoms with E-state index >= 15 is 0 Å². The van der Waals surface area contributed by atoms with Gasteiger partial charge in [0.15, 0.2) is 0 Å². The summed E-state index contributed by atoms with van der Waals surface area (Å²) >= 11 is 0. The van der Waals surface area contributed by atoms with Crippen molar-refractivity contribution in [3.8, 4) is 0 Å². The van der Waals surface area contributed by atoms with Gasteiger partial charge in [0.1, 0.15) is 6.29 Å². The van der Waals surface area contributed by atoms with Gasteiger partial charge in [-0.05, 0) is 12.3 Å². The molecule has 0 bridgehead atoms. The fraction of sp³-hybridized carbons (Fsp3) is 0.857. The molecule has 0 heterocycles. The number of aldehydes is 1. The normalized spacial score (nSPS) is 13.1. The maximum absolute atomic E-state index is 11.9. The third kappa shape index (κ3) is 4.13. The third-order valence-corrected chi connectivity index (χ3v) is 1.34. The van der Waals surface area contributed by atoms with Crippen LogP contribution >= 0.6 is 0 Å². The highest BCUT2D eigenvalue weighted by molar-refractivity contribution is 5.49. The van der Waals surface area contributed by atoms with Crippen LogP contribution < -0.4 is 0 Å². The molecule has 0 aromatic carbocycles. The van der Waals surface area contributed by atoms with Crippen LogP contribution in [0.2, 0.25) is 0 Å². The molecule has 0 aliphatic rings. The van der Waals surface area contributed by atoms with Crippen LogP contribution in [0.4, 0.5) is 4.39 Å². The zero-order chi connectivity index (χ0) is 7.11. The Labute approximate surface area is 55.3 Å². The average molecular weight is 132 g/mol. The molecule has 0 N–H and O–H groups in total. The lowest BCUT2D eigenvalue weighted by atomic mass is 10.0. The summed E-state index contributed by atoms with van der Waals surface area (Å²) < 4.78 is 11.9. The summed E-state index contributed by atoms with van der Waals surface area (Å²) in [5.41, 5.74) is 0. The minimum absolute atomic E-state index is 0.0208. The largest absolute Gasteiger partial charge is 0.303 e. The van der Waals surface area contributed by atoms with Crippen molar-refractivity contribution in [3.63, 3.8) is 0 Å². The molecule has 0 rings (SSSR count). The van der Waals surface area contributed by atoms with E-state index in [4.69, 9.17) is 0 Å². The van der Waals surface area contributed by atoms with E-state index in [2.05, 4.69) is 0 Å². The van der Waals surface area contributed by atoms with E-state index in [1.165, 1.54) is 0 Å². The first kappa shape index (κ1) is 8.60. The second kappa shape index (κ2) is 5.73. The van der Waals surface area contributed by atoms with Crippen LogP contribution in [0.15, 0.2) is 0 Å². The lowest BCUT2D eigenvalue weighted by Gasteiger charge is -2.05. The van der Waals surface area contributed by atoms with Gasteiger partial charge in [-0.3, -0.25) is 4.39 Å². The van der Waals surface area contributed by atoms with Crippen LogP contribution in [0.3, 0.4) is 0 Å². The molecule has 2 heteroatoms. The summed E-state index contributed by atoms with van der Waals surface area (Å²) in [5.74, 6) is -0.0208. The van der Waals surface area contributed by atoms with E-state index < -0.39 is 0 Å². The monoisotopic (exact) mass is 132 g/mol. The molecule has 9 heavy (non-hydrogen) atoms. The molecule has 0 aromatic heterocycles. The predicted octanol–water partition coefficient (Wildman–Crippen LogP) is 1.96. The Balaban J connectivity index is 3.28. The highest BCUT2D eigenvalue weighted by Gasteiger charge is 2.04. The van der Waals surface area contributed by atoms with Crippen molar-refractivity contribution in [1.29, 1.82) is 0 Å². The van der Waals surface area contributed by atoms with Crippen LogP contribution in [-0.4, -0.2) is 13.0 Å². The van der Waals surface area contributed by atoms with Gasteiger partial charge in [-0.1, -0.05) is 13.3 Å². The van der Waals surface area contributed by atoms with E-state index in [0.29, 0.717) is 6.42 Å². The second-order valence-corrected chi connectivity index (χ2v) is 2.21. The summed E-state index contributed by atoms with van der Waals surface area (Å²) in [6.45, 7) is 1.64. The molecule has 0 amide bonds. The maximum atomic E-state index is 11.9. The Kier molecular flexibility index (Phi) is 5.48. The molecule has 1 nitrogen and oxygen atoms in total. The van der Waals surface area contributed by atoms with E-state index in [1.54, 1.807) is 0 Å². The zero-order valence-electron chi connectivity index (χ0n) is 5.77. The van der Waals surface area contributed by atoms with E-state index in [9.17, 15) is 9.18 Å². The van der Waals surface area contributed by atoms with Gasteiger partial charge >= 0.3 is 0 Å². The molecule has 0 saturated heterocycles. The van der Waals surface area contributed by atoms with Crippen LogP contribution in [0.5, 0.6) is 0 Å². The minimum atomic E-state index is -0.355. The average Bonchev–Trinajstić information content (AvgIpc) is 1.88. The minimum Gasteiger partial charge on any atom is -0.303 e. The van der Waals surface area contributed by atoms with Gasteiger partial charge in [-0.25, -0.2) is 0 Å². The molecule has 0 saturated carbocycles. The Hall–Kier alpha value is -0.400. The van der Waals surface area contributed by atoms with Crippen molar-refractivity contribution in [2.45, 2.75) is 26.2 Å². The molecule has 54 valence electrons. The summed E-state index contributed by atoms with van der Waals surface area (Å²) in [4.78, 5) is 9.88. The molecule has 1 unspecified atom stereocenters. The first-order chi connectivity index (χ1) is 4.35. The highest BCUT2D eigenvalue weighted by Crippen LogP contribution is 2.09. The van der Waals surface area contributed by atoms with Crippen molar-refractivity contribution in [3.05, 3.63) is 0 Å². The predicted molar refractivity (Wildman–Crippen MR) is 35.1 cm³/mol. The molecule has 0 aliphatic carbocycles. The Morgan fingerprint density at radius 2 is 2.33 bits per heavy atom. The summed E-state index contributed by atoms with van der Waals surface area (Å²) in [7, 11) is 0. The smallest absolute Gasteiger partial charge is 0.120 e. The maximum Gasteiger partial charge on any atom is 0.120 e. The number of halogens is 1.